The Morgan fingerprint density at radius 2 is 2.04 bits per heavy atom. The number of guanidine groups is 1. The Morgan fingerprint density at radius 3 is 2.68 bits per heavy atom. The number of aromatic nitrogens is 1. The fourth-order valence-corrected chi connectivity index (χ4v) is 3.62. The summed E-state index contributed by atoms with van der Waals surface area (Å²) in [5, 5.41) is 9.71. The second kappa shape index (κ2) is 13.8. The van der Waals surface area contributed by atoms with Crippen LogP contribution in [0.5, 0.6) is 0 Å². The molecule has 1 aromatic heterocycles. The van der Waals surface area contributed by atoms with Crippen molar-refractivity contribution in [3.8, 4) is 0 Å². The molecule has 0 saturated heterocycles. The molecule has 0 fully saturated rings. The predicted molar refractivity (Wildman–Crippen MR) is 130 cm³/mol. The maximum Gasteiger partial charge on any atom is 0.243 e. The lowest BCUT2D eigenvalue weighted by atomic mass is 10.2. The number of halogens is 1. The molecule has 2 aromatic rings. The minimum absolute atomic E-state index is 0. The van der Waals surface area contributed by atoms with Crippen molar-refractivity contribution in [1.29, 1.82) is 0 Å². The summed E-state index contributed by atoms with van der Waals surface area (Å²) in [4.78, 5) is 23.4. The SMILES string of the molecule is CC(CNC(=NCC(=O)N(C)C)NCCSc1ccccc1)c1nccs1.I. The molecule has 9 heteroatoms. The van der Waals surface area contributed by atoms with E-state index in [2.05, 4.69) is 39.7 Å². The smallest absolute Gasteiger partial charge is 0.243 e. The standard InChI is InChI=1S/C19H27N5OS2.HI/c1-15(18-20-9-12-27-18)13-22-19(23-14-17(25)24(2)3)21-10-11-26-16-7-5-4-6-8-16;/h4-9,12,15H,10-11,13-14H2,1-3H3,(H2,21,22,23);1H. The van der Waals surface area contributed by atoms with E-state index < -0.39 is 0 Å². The Morgan fingerprint density at radius 1 is 1.29 bits per heavy atom. The molecule has 1 unspecified atom stereocenters. The number of nitrogens with zero attached hydrogens (tertiary/aromatic N) is 3. The van der Waals surface area contributed by atoms with Crippen LogP contribution in [-0.2, 0) is 4.79 Å². The summed E-state index contributed by atoms with van der Waals surface area (Å²) >= 11 is 3.43. The Hall–Kier alpha value is -1.33. The van der Waals surface area contributed by atoms with Gasteiger partial charge in [-0.05, 0) is 12.1 Å². The van der Waals surface area contributed by atoms with Gasteiger partial charge >= 0.3 is 0 Å². The molecule has 6 nitrogen and oxygen atoms in total. The number of thiazole rings is 1. The average molecular weight is 534 g/mol. The highest BCUT2D eigenvalue weighted by molar-refractivity contribution is 14.0. The molecule has 0 radical (unpaired) electrons. The van der Waals surface area contributed by atoms with Crippen molar-refractivity contribution in [3.63, 3.8) is 0 Å². The van der Waals surface area contributed by atoms with E-state index in [9.17, 15) is 4.79 Å². The Bertz CT molecular complexity index is 710. The number of carbonyl (C=O) groups is 1. The molecule has 0 aliphatic carbocycles. The minimum Gasteiger partial charge on any atom is -0.356 e. The van der Waals surface area contributed by atoms with Crippen LogP contribution in [0.3, 0.4) is 0 Å². The van der Waals surface area contributed by atoms with Crippen molar-refractivity contribution in [2.75, 3.05) is 39.5 Å². The van der Waals surface area contributed by atoms with E-state index in [1.54, 1.807) is 42.1 Å². The normalized spacial score (nSPS) is 12.0. The van der Waals surface area contributed by atoms with E-state index >= 15 is 0 Å². The first-order chi connectivity index (χ1) is 13.1. The van der Waals surface area contributed by atoms with Gasteiger partial charge in [-0.1, -0.05) is 25.1 Å². The minimum atomic E-state index is -0.0252. The highest BCUT2D eigenvalue weighted by Gasteiger charge is 2.10. The third-order valence-corrected chi connectivity index (χ3v) is 5.75. The van der Waals surface area contributed by atoms with E-state index in [4.69, 9.17) is 0 Å². The van der Waals surface area contributed by atoms with Crippen molar-refractivity contribution in [2.24, 2.45) is 4.99 Å². The molecule has 0 saturated carbocycles. The quantitative estimate of drug-likeness (QED) is 0.170. The van der Waals surface area contributed by atoms with Crippen LogP contribution in [0.1, 0.15) is 17.8 Å². The Balaban J connectivity index is 0.00000392. The first kappa shape index (κ1) is 24.7. The summed E-state index contributed by atoms with van der Waals surface area (Å²) in [7, 11) is 3.47. The van der Waals surface area contributed by atoms with Crippen molar-refractivity contribution in [1.82, 2.24) is 20.5 Å². The molecule has 0 bridgehead atoms. The molecular weight excluding hydrogens is 505 g/mol. The van der Waals surface area contributed by atoms with Crippen LogP contribution >= 0.6 is 47.1 Å². The molecule has 0 aliphatic rings. The van der Waals surface area contributed by atoms with Gasteiger partial charge in [0.05, 0.1) is 5.01 Å². The lowest BCUT2D eigenvalue weighted by Gasteiger charge is -2.16. The summed E-state index contributed by atoms with van der Waals surface area (Å²) in [6.45, 7) is 3.72. The third kappa shape index (κ3) is 9.24. The van der Waals surface area contributed by atoms with Crippen LogP contribution in [0.4, 0.5) is 0 Å². The predicted octanol–water partition coefficient (Wildman–Crippen LogP) is 3.28. The molecule has 0 aliphatic heterocycles. The van der Waals surface area contributed by atoms with Crippen LogP contribution < -0.4 is 10.6 Å². The molecular formula is C19H28IN5OS2. The molecule has 1 atom stereocenters. The van der Waals surface area contributed by atoms with Crippen LogP contribution in [0, 0.1) is 0 Å². The fourth-order valence-electron chi connectivity index (χ4n) is 2.13. The zero-order valence-corrected chi connectivity index (χ0v) is 20.4. The molecule has 2 N–H and O–H groups in total. The number of nitrogens with one attached hydrogen (secondary N) is 2. The van der Waals surface area contributed by atoms with Gasteiger partial charge in [0.2, 0.25) is 5.91 Å². The molecule has 2 rings (SSSR count). The highest BCUT2D eigenvalue weighted by Crippen LogP contribution is 2.17. The van der Waals surface area contributed by atoms with Crippen molar-refractivity contribution in [3.05, 3.63) is 46.9 Å². The van der Waals surface area contributed by atoms with E-state index in [0.29, 0.717) is 12.5 Å². The van der Waals surface area contributed by atoms with Crippen molar-refractivity contribution < 1.29 is 4.79 Å². The number of hydrogen-bond donors (Lipinski definition) is 2. The first-order valence-electron chi connectivity index (χ1n) is 8.86. The van der Waals surface area contributed by atoms with Gasteiger partial charge in [-0.25, -0.2) is 9.98 Å². The lowest BCUT2D eigenvalue weighted by Crippen LogP contribution is -2.41. The second-order valence-electron chi connectivity index (χ2n) is 6.19. The van der Waals surface area contributed by atoms with Crippen LogP contribution in [-0.4, -0.2) is 61.2 Å². The van der Waals surface area contributed by atoms with Crippen molar-refractivity contribution in [2.45, 2.75) is 17.7 Å². The lowest BCUT2D eigenvalue weighted by molar-refractivity contribution is -0.127. The van der Waals surface area contributed by atoms with Crippen LogP contribution in [0.2, 0.25) is 0 Å². The van der Waals surface area contributed by atoms with Crippen LogP contribution in [0.15, 0.2) is 51.8 Å². The summed E-state index contributed by atoms with van der Waals surface area (Å²) in [6, 6.07) is 10.3. The number of rotatable bonds is 9. The number of aliphatic imine (C=N–C) groups is 1. The second-order valence-corrected chi connectivity index (χ2v) is 8.29. The monoisotopic (exact) mass is 533 g/mol. The van der Waals surface area contributed by atoms with Gasteiger partial charge in [-0.2, -0.15) is 0 Å². The molecule has 1 aromatic carbocycles. The number of thioether (sulfide) groups is 1. The largest absolute Gasteiger partial charge is 0.356 e. The van der Waals surface area contributed by atoms with Gasteiger partial charge < -0.3 is 15.5 Å². The molecule has 154 valence electrons. The topological polar surface area (TPSA) is 69.6 Å². The van der Waals surface area contributed by atoms with Crippen molar-refractivity contribution >= 4 is 58.9 Å². The molecule has 28 heavy (non-hydrogen) atoms. The number of carbonyl (C=O) groups excluding carboxylic acids is 1. The summed E-state index contributed by atoms with van der Waals surface area (Å²) < 4.78 is 0. The van der Waals surface area contributed by atoms with E-state index in [1.165, 1.54) is 4.90 Å². The molecule has 0 spiro atoms. The van der Waals surface area contributed by atoms with Crippen LogP contribution in [0.25, 0.3) is 0 Å². The van der Waals surface area contributed by atoms with Gasteiger partial charge in [0.15, 0.2) is 5.96 Å². The maximum atomic E-state index is 11.8. The third-order valence-electron chi connectivity index (χ3n) is 3.73. The van der Waals surface area contributed by atoms with E-state index in [-0.39, 0.29) is 42.3 Å². The number of hydrogen-bond acceptors (Lipinski definition) is 5. The van der Waals surface area contributed by atoms with Gasteiger partial charge in [0.25, 0.3) is 0 Å². The number of benzene rings is 1. The number of amides is 1. The molecule has 1 amide bonds. The van der Waals surface area contributed by atoms with Gasteiger partial charge in [0, 0.05) is 55.3 Å². The fraction of sp³-hybridized carbons (Fsp3) is 0.421. The summed E-state index contributed by atoms with van der Waals surface area (Å²) in [6.07, 6.45) is 1.82. The molecule has 1 heterocycles. The zero-order chi connectivity index (χ0) is 19.5. The van der Waals surface area contributed by atoms with Gasteiger partial charge in [-0.3, -0.25) is 4.79 Å². The van der Waals surface area contributed by atoms with Gasteiger partial charge in [-0.15, -0.1) is 47.1 Å². The summed E-state index contributed by atoms with van der Waals surface area (Å²) in [5.74, 6) is 1.82. The Labute approximate surface area is 192 Å². The first-order valence-corrected chi connectivity index (χ1v) is 10.7. The number of likely N-dealkylation sites (N-methyl/N-ethyl adjacent to an activating group) is 1. The zero-order valence-electron chi connectivity index (χ0n) is 16.4. The van der Waals surface area contributed by atoms with Gasteiger partial charge in [0.1, 0.15) is 6.54 Å². The summed E-state index contributed by atoms with van der Waals surface area (Å²) in [5.41, 5.74) is 0. The Kier molecular flexibility index (Phi) is 12.2. The maximum absolute atomic E-state index is 11.8. The van der Waals surface area contributed by atoms with E-state index in [1.807, 2.05) is 29.8 Å². The average Bonchev–Trinajstić information content (AvgIpc) is 3.21. The highest BCUT2D eigenvalue weighted by atomic mass is 127. The van der Waals surface area contributed by atoms with E-state index in [0.717, 1.165) is 17.3 Å².